The second-order valence-electron chi connectivity index (χ2n) is 7.45. The van der Waals surface area contributed by atoms with Gasteiger partial charge in [0, 0.05) is 5.57 Å². The van der Waals surface area contributed by atoms with E-state index in [9.17, 15) is 79.4 Å². The molecule has 0 aliphatic rings. The number of alkyl halides is 17. The van der Waals surface area contributed by atoms with Gasteiger partial charge in [-0.3, -0.25) is 0 Å². The van der Waals surface area contributed by atoms with Crippen molar-refractivity contribution in [2.75, 3.05) is 0 Å². The lowest BCUT2D eigenvalue weighted by molar-refractivity contribution is -0.463. The van der Waals surface area contributed by atoms with E-state index in [2.05, 4.69) is 6.58 Å². The number of carbonyl (C=O) groups is 1. The van der Waals surface area contributed by atoms with Gasteiger partial charge in [-0.2, -0.15) is 74.6 Å². The van der Waals surface area contributed by atoms with Crippen LogP contribution in [-0.2, 0) is 4.79 Å². The molecule has 1 N–H and O–H groups in total. The van der Waals surface area contributed by atoms with Crippen LogP contribution in [0.15, 0.2) is 12.2 Å². The first-order valence-electron chi connectivity index (χ1n) is 9.19. The zero-order valence-corrected chi connectivity index (χ0v) is 17.4. The van der Waals surface area contributed by atoms with E-state index < -0.39 is 77.9 Å². The number of hydrogen-bond donors (Lipinski definition) is 1. The van der Waals surface area contributed by atoms with Crippen molar-refractivity contribution in [1.82, 2.24) is 0 Å². The lowest BCUT2D eigenvalue weighted by Crippen LogP contribution is -2.75. The Hall–Kier alpha value is -1.98. The summed E-state index contributed by atoms with van der Waals surface area (Å²) >= 11 is 0. The number of carboxylic acid groups (broad SMARTS) is 1. The van der Waals surface area contributed by atoms with Gasteiger partial charge in [0.25, 0.3) is 0 Å². The second kappa shape index (κ2) is 9.72. The largest absolute Gasteiger partial charge is 0.478 e. The van der Waals surface area contributed by atoms with Crippen molar-refractivity contribution in [3.8, 4) is 0 Å². The molecule has 0 aromatic heterocycles. The number of hydrogen-bond acceptors (Lipinski definition) is 1. The Morgan fingerprint density at radius 1 is 0.639 bits per heavy atom. The zero-order chi connectivity index (χ0) is 29.6. The minimum Gasteiger partial charge on any atom is -0.478 e. The average Bonchev–Trinajstić information content (AvgIpc) is 2.68. The van der Waals surface area contributed by atoms with Crippen LogP contribution in [0.25, 0.3) is 0 Å². The van der Waals surface area contributed by atoms with Crippen molar-refractivity contribution in [1.29, 1.82) is 0 Å². The SMILES string of the molecule is C=C(C(=O)O)C(CCCCC)C(F)(F)C(F)(F)C(F)(F)C(F)(F)C(F)(F)C(F)(F)C(F)(F)C(F)(F)F. The summed E-state index contributed by atoms with van der Waals surface area (Å²) in [5, 5.41) is 8.68. The van der Waals surface area contributed by atoms with Crippen LogP contribution in [0.3, 0.4) is 0 Å². The first kappa shape index (κ1) is 34.0. The number of carboxylic acids is 1. The molecule has 1 atom stereocenters. The number of unbranched alkanes of at least 4 members (excludes halogenated alkanes) is 2. The minimum absolute atomic E-state index is 0.0805. The molecule has 0 saturated heterocycles. The van der Waals surface area contributed by atoms with Crippen LogP contribution in [0.1, 0.15) is 32.6 Å². The van der Waals surface area contributed by atoms with Crippen molar-refractivity contribution in [2.24, 2.45) is 5.92 Å². The van der Waals surface area contributed by atoms with E-state index in [1.54, 1.807) is 0 Å². The van der Waals surface area contributed by atoms with Crippen molar-refractivity contribution in [2.45, 2.75) is 80.2 Å². The van der Waals surface area contributed by atoms with E-state index in [-0.39, 0.29) is 12.8 Å². The van der Waals surface area contributed by atoms with Crippen molar-refractivity contribution >= 4 is 5.97 Å². The van der Waals surface area contributed by atoms with Crippen molar-refractivity contribution in [3.05, 3.63) is 12.2 Å². The Balaban J connectivity index is 6.95. The number of rotatable bonds is 13. The molecule has 0 aliphatic heterocycles. The molecule has 0 saturated carbocycles. The van der Waals surface area contributed by atoms with Crippen LogP contribution < -0.4 is 0 Å². The maximum absolute atomic E-state index is 14.4. The third-order valence-electron chi connectivity index (χ3n) is 4.98. The van der Waals surface area contributed by atoms with E-state index in [0.29, 0.717) is 0 Å². The molecule has 0 spiro atoms. The molecule has 0 radical (unpaired) electrons. The summed E-state index contributed by atoms with van der Waals surface area (Å²) in [6, 6.07) is 0. The molecule has 19 heteroatoms. The molecule has 0 aromatic rings. The lowest BCUT2D eigenvalue weighted by atomic mass is 9.80. The van der Waals surface area contributed by atoms with Gasteiger partial charge in [0.15, 0.2) is 0 Å². The molecule has 0 heterocycles. The molecule has 0 aromatic carbocycles. The fraction of sp³-hybridized carbons (Fsp3) is 0.824. The summed E-state index contributed by atoms with van der Waals surface area (Å²) in [5.41, 5.74) is -2.05. The van der Waals surface area contributed by atoms with E-state index in [4.69, 9.17) is 5.11 Å². The Kier molecular flexibility index (Phi) is 9.18. The van der Waals surface area contributed by atoms with Gasteiger partial charge in [-0.15, -0.1) is 0 Å². The van der Waals surface area contributed by atoms with E-state index in [0.717, 1.165) is 0 Å². The predicted molar refractivity (Wildman–Crippen MR) is 85.1 cm³/mol. The molecular formula is C17H15F17O2. The predicted octanol–water partition coefficient (Wildman–Crippen LogP) is 7.83. The summed E-state index contributed by atoms with van der Waals surface area (Å²) in [7, 11) is 0. The maximum atomic E-state index is 14.4. The van der Waals surface area contributed by atoms with E-state index >= 15 is 0 Å². The highest BCUT2D eigenvalue weighted by Crippen LogP contribution is 2.65. The standard InChI is InChI=1S/C17H15F17O2/c1-3-4-5-6-8(7(2)9(35)36)10(18,19)11(20,21)12(22,23)13(24,25)14(26,27)15(28,29)16(30,31)17(32,33)34/h8H,2-6H2,1H3,(H,35,36). The molecule has 1 unspecified atom stereocenters. The van der Waals surface area contributed by atoms with Crippen LogP contribution in [0.5, 0.6) is 0 Å². The van der Waals surface area contributed by atoms with Crippen molar-refractivity contribution in [3.63, 3.8) is 0 Å². The van der Waals surface area contributed by atoms with Crippen LogP contribution in [-0.4, -0.2) is 58.7 Å². The first-order chi connectivity index (χ1) is 15.6. The summed E-state index contributed by atoms with van der Waals surface area (Å²) in [6.45, 7) is 3.72. The lowest BCUT2D eigenvalue weighted by Gasteiger charge is -2.44. The fourth-order valence-corrected chi connectivity index (χ4v) is 2.72. The quantitative estimate of drug-likeness (QED) is 0.138. The van der Waals surface area contributed by atoms with Gasteiger partial charge in [0.05, 0.1) is 5.92 Å². The smallest absolute Gasteiger partial charge is 0.460 e. The first-order valence-corrected chi connectivity index (χ1v) is 9.19. The topological polar surface area (TPSA) is 37.3 Å². The molecule has 0 fully saturated rings. The normalized spacial score (nSPS) is 16.2. The molecule has 2 nitrogen and oxygen atoms in total. The van der Waals surface area contributed by atoms with Gasteiger partial charge in [0.2, 0.25) is 0 Å². The Bertz CT molecular complexity index is 812. The van der Waals surface area contributed by atoms with Crippen LogP contribution in [0, 0.1) is 5.92 Å². The summed E-state index contributed by atoms with van der Waals surface area (Å²) in [5.74, 6) is -63.8. The van der Waals surface area contributed by atoms with Gasteiger partial charge in [-0.05, 0) is 6.42 Å². The Morgan fingerprint density at radius 3 is 1.28 bits per heavy atom. The number of halogens is 17. The molecule has 0 rings (SSSR count). The average molecular weight is 574 g/mol. The highest BCUT2D eigenvalue weighted by molar-refractivity contribution is 5.86. The fourth-order valence-electron chi connectivity index (χ4n) is 2.72. The molecule has 0 bridgehead atoms. The maximum Gasteiger partial charge on any atom is 0.460 e. The van der Waals surface area contributed by atoms with Gasteiger partial charge in [-0.1, -0.05) is 32.8 Å². The Labute approximate surface area is 190 Å². The molecule has 214 valence electrons. The molecule has 0 aliphatic carbocycles. The van der Waals surface area contributed by atoms with Crippen molar-refractivity contribution < 1.29 is 84.5 Å². The van der Waals surface area contributed by atoms with Crippen LogP contribution in [0.4, 0.5) is 74.6 Å². The minimum atomic E-state index is -8.73. The van der Waals surface area contributed by atoms with Gasteiger partial charge >= 0.3 is 53.6 Å². The molecule has 36 heavy (non-hydrogen) atoms. The van der Waals surface area contributed by atoms with E-state index in [1.807, 2.05) is 0 Å². The summed E-state index contributed by atoms with van der Waals surface area (Å²) in [6.07, 6.45) is -10.2. The zero-order valence-electron chi connectivity index (χ0n) is 17.4. The molecular weight excluding hydrogens is 559 g/mol. The van der Waals surface area contributed by atoms with Gasteiger partial charge < -0.3 is 5.11 Å². The third kappa shape index (κ3) is 4.81. The highest BCUT2D eigenvalue weighted by atomic mass is 19.4. The van der Waals surface area contributed by atoms with Crippen LogP contribution >= 0.6 is 0 Å². The van der Waals surface area contributed by atoms with Gasteiger partial charge in [0.1, 0.15) is 0 Å². The number of aliphatic carboxylic acids is 1. The summed E-state index contributed by atoms with van der Waals surface area (Å²) in [4.78, 5) is 10.9. The van der Waals surface area contributed by atoms with E-state index in [1.165, 1.54) is 6.92 Å². The second-order valence-corrected chi connectivity index (χ2v) is 7.45. The Morgan fingerprint density at radius 2 is 0.972 bits per heavy atom. The molecule has 0 amide bonds. The monoisotopic (exact) mass is 574 g/mol. The summed E-state index contributed by atoms with van der Waals surface area (Å²) < 4.78 is 227. The van der Waals surface area contributed by atoms with Crippen LogP contribution in [0.2, 0.25) is 0 Å². The third-order valence-corrected chi connectivity index (χ3v) is 4.98. The highest BCUT2D eigenvalue weighted by Gasteiger charge is 2.95. The van der Waals surface area contributed by atoms with Gasteiger partial charge in [-0.25, -0.2) is 4.79 Å².